The van der Waals surface area contributed by atoms with Gasteiger partial charge in [-0.15, -0.1) is 0 Å². The van der Waals surface area contributed by atoms with Crippen LogP contribution in [0.5, 0.6) is 0 Å². The lowest BCUT2D eigenvalue weighted by molar-refractivity contribution is 0.875. The topological polar surface area (TPSA) is 6.48 Å². The van der Waals surface area contributed by atoms with Gasteiger partial charge < -0.3 is 9.80 Å². The van der Waals surface area contributed by atoms with E-state index < -0.39 is 0 Å². The average molecular weight is 929 g/mol. The summed E-state index contributed by atoms with van der Waals surface area (Å²) in [5, 5.41) is 12.7. The first-order valence-corrected chi connectivity index (χ1v) is 25.7. The van der Waals surface area contributed by atoms with Crippen molar-refractivity contribution >= 4 is 88.0 Å². The molecule has 0 aliphatic rings. The van der Waals surface area contributed by atoms with Crippen molar-refractivity contribution in [3.63, 3.8) is 0 Å². The standard InChI is InChI=1S/C70H60N2/c1-43(2)61-41-65(71(55-23-15-21-53(39-55)49-17-11-9-12-18-49)69-47(7)27-31-51-29-25-45(5)37-63(51)69)59-36-34-58-62(44(3)4)42-66(60-35-33-57(61)67(59)68(58)60)72(56-24-16-22-54(40-56)50-19-13-10-14-20-50)70-48(8)28-32-52-30-26-46(6)38-64(52)70/h9-44H,1-8H3. The molecule has 0 saturated heterocycles. The van der Waals surface area contributed by atoms with Crippen molar-refractivity contribution in [2.75, 3.05) is 9.80 Å². The summed E-state index contributed by atoms with van der Waals surface area (Å²) in [6, 6.07) is 77.7. The average Bonchev–Trinajstić information content (AvgIpc) is 3.40. The molecule has 0 radical (unpaired) electrons. The molecule has 12 aromatic carbocycles. The maximum Gasteiger partial charge on any atom is 0.0569 e. The first kappa shape index (κ1) is 45.0. The molecule has 0 saturated carbocycles. The molecule has 0 spiro atoms. The zero-order chi connectivity index (χ0) is 49.4. The van der Waals surface area contributed by atoms with Crippen molar-refractivity contribution in [3.05, 3.63) is 240 Å². The third-order valence-corrected chi connectivity index (χ3v) is 15.2. The Morgan fingerprint density at radius 3 is 1.08 bits per heavy atom. The highest BCUT2D eigenvalue weighted by atomic mass is 15.2. The van der Waals surface area contributed by atoms with E-state index in [0.717, 1.165) is 11.4 Å². The lowest BCUT2D eigenvalue weighted by Crippen LogP contribution is -2.15. The minimum Gasteiger partial charge on any atom is -0.309 e. The van der Waals surface area contributed by atoms with Crippen molar-refractivity contribution in [2.24, 2.45) is 0 Å². The van der Waals surface area contributed by atoms with Gasteiger partial charge in [0.1, 0.15) is 0 Å². The van der Waals surface area contributed by atoms with Crippen LogP contribution in [-0.2, 0) is 0 Å². The van der Waals surface area contributed by atoms with Crippen LogP contribution in [-0.4, -0.2) is 0 Å². The molecule has 0 fully saturated rings. The summed E-state index contributed by atoms with van der Waals surface area (Å²) >= 11 is 0. The molecule has 0 bridgehead atoms. The second-order valence-electron chi connectivity index (χ2n) is 20.8. The van der Waals surface area contributed by atoms with E-state index in [4.69, 9.17) is 0 Å². The van der Waals surface area contributed by atoms with Crippen LogP contribution in [0, 0.1) is 27.7 Å². The first-order valence-electron chi connectivity index (χ1n) is 25.7. The van der Waals surface area contributed by atoms with Gasteiger partial charge in [0.25, 0.3) is 0 Å². The Bertz CT molecular complexity index is 3760. The smallest absolute Gasteiger partial charge is 0.0569 e. The van der Waals surface area contributed by atoms with E-state index in [1.807, 2.05) is 0 Å². The number of rotatable bonds is 10. The van der Waals surface area contributed by atoms with Gasteiger partial charge in [-0.3, -0.25) is 0 Å². The Hall–Kier alpha value is -8.20. The van der Waals surface area contributed by atoms with E-state index in [2.05, 4.69) is 271 Å². The lowest BCUT2D eigenvalue weighted by atomic mass is 9.83. The van der Waals surface area contributed by atoms with Crippen molar-refractivity contribution < 1.29 is 0 Å². The zero-order valence-electron chi connectivity index (χ0n) is 42.7. The molecule has 350 valence electrons. The number of anilines is 6. The summed E-state index contributed by atoms with van der Waals surface area (Å²) in [5.74, 6) is 0.508. The molecule has 0 unspecified atom stereocenters. The normalized spacial score (nSPS) is 11.9. The summed E-state index contributed by atoms with van der Waals surface area (Å²) in [6.07, 6.45) is 0. The number of fused-ring (bicyclic) bond motifs is 2. The number of aryl methyl sites for hydroxylation is 4. The van der Waals surface area contributed by atoms with Crippen LogP contribution >= 0.6 is 0 Å². The second-order valence-corrected chi connectivity index (χ2v) is 20.8. The monoisotopic (exact) mass is 928 g/mol. The summed E-state index contributed by atoms with van der Waals surface area (Å²) in [5.41, 5.74) is 19.5. The Kier molecular flexibility index (Phi) is 11.2. The van der Waals surface area contributed by atoms with Gasteiger partial charge in [-0.25, -0.2) is 0 Å². The molecule has 0 N–H and O–H groups in total. The Morgan fingerprint density at radius 1 is 0.306 bits per heavy atom. The van der Waals surface area contributed by atoms with Gasteiger partial charge >= 0.3 is 0 Å². The molecule has 2 nitrogen and oxygen atoms in total. The lowest BCUT2D eigenvalue weighted by Gasteiger charge is -2.33. The van der Waals surface area contributed by atoms with Gasteiger partial charge in [-0.1, -0.05) is 197 Å². The molecule has 0 amide bonds. The van der Waals surface area contributed by atoms with Gasteiger partial charge in [-0.05, 0) is 165 Å². The van der Waals surface area contributed by atoms with Gasteiger partial charge in [0.2, 0.25) is 0 Å². The van der Waals surface area contributed by atoms with E-state index in [0.29, 0.717) is 0 Å². The summed E-state index contributed by atoms with van der Waals surface area (Å²) < 4.78 is 0. The molecular formula is C70H60N2. The second kappa shape index (κ2) is 17.9. The predicted molar refractivity (Wildman–Crippen MR) is 313 cm³/mol. The fourth-order valence-corrected chi connectivity index (χ4v) is 11.7. The van der Waals surface area contributed by atoms with E-state index >= 15 is 0 Å². The van der Waals surface area contributed by atoms with Crippen LogP contribution in [0.25, 0.3) is 76.1 Å². The SMILES string of the molecule is Cc1ccc2ccc(C)c(N(c3cccc(-c4ccccc4)c3)c3cc(C(C)C)c4ccc5c(N(c6cccc(-c7ccccc7)c6)c6c(C)ccc7ccc(C)cc67)cc(C(C)C)c6ccc3c4c65)c2c1. The van der Waals surface area contributed by atoms with Crippen LogP contribution in [0.15, 0.2) is 206 Å². The van der Waals surface area contributed by atoms with Crippen LogP contribution in [0.3, 0.4) is 0 Å². The highest BCUT2D eigenvalue weighted by Gasteiger charge is 2.28. The van der Waals surface area contributed by atoms with Gasteiger partial charge in [0, 0.05) is 32.9 Å². The molecule has 2 heteroatoms. The molecule has 0 aliphatic carbocycles. The summed E-state index contributed by atoms with van der Waals surface area (Å²) in [7, 11) is 0. The summed E-state index contributed by atoms with van der Waals surface area (Å²) in [6.45, 7) is 18.4. The molecule has 0 aromatic heterocycles. The maximum atomic E-state index is 2.59. The van der Waals surface area contributed by atoms with E-state index in [1.165, 1.54) is 132 Å². The molecule has 0 aliphatic heterocycles. The van der Waals surface area contributed by atoms with E-state index in [9.17, 15) is 0 Å². The Morgan fingerprint density at radius 2 is 0.681 bits per heavy atom. The van der Waals surface area contributed by atoms with E-state index in [1.54, 1.807) is 0 Å². The van der Waals surface area contributed by atoms with Gasteiger partial charge in [0.05, 0.1) is 22.7 Å². The van der Waals surface area contributed by atoms with Crippen molar-refractivity contribution in [1.82, 2.24) is 0 Å². The highest BCUT2D eigenvalue weighted by molar-refractivity contribution is 6.30. The molecule has 0 heterocycles. The predicted octanol–water partition coefficient (Wildman–Crippen LogP) is 20.6. The van der Waals surface area contributed by atoms with Crippen LogP contribution in [0.4, 0.5) is 34.1 Å². The quantitative estimate of drug-likeness (QED) is 0.126. The van der Waals surface area contributed by atoms with Crippen molar-refractivity contribution in [2.45, 2.75) is 67.2 Å². The largest absolute Gasteiger partial charge is 0.309 e. The molecule has 0 atom stereocenters. The maximum absolute atomic E-state index is 2.59. The molecule has 12 rings (SSSR count). The first-order chi connectivity index (χ1) is 35.0. The minimum absolute atomic E-state index is 0.254. The van der Waals surface area contributed by atoms with Gasteiger partial charge in [-0.2, -0.15) is 0 Å². The molecule has 12 aromatic rings. The number of benzene rings is 12. The molecule has 72 heavy (non-hydrogen) atoms. The fourth-order valence-electron chi connectivity index (χ4n) is 11.7. The third kappa shape index (κ3) is 7.56. The number of hydrogen-bond acceptors (Lipinski definition) is 2. The van der Waals surface area contributed by atoms with Crippen LogP contribution in [0.1, 0.15) is 72.9 Å². The summed E-state index contributed by atoms with van der Waals surface area (Å²) in [4.78, 5) is 5.18. The van der Waals surface area contributed by atoms with Crippen LogP contribution < -0.4 is 9.80 Å². The highest BCUT2D eigenvalue weighted by Crippen LogP contribution is 2.53. The number of nitrogens with zero attached hydrogens (tertiary/aromatic N) is 2. The minimum atomic E-state index is 0.254. The van der Waals surface area contributed by atoms with E-state index in [-0.39, 0.29) is 11.8 Å². The van der Waals surface area contributed by atoms with Crippen molar-refractivity contribution in [3.8, 4) is 22.3 Å². The third-order valence-electron chi connectivity index (χ3n) is 15.2. The molecular weight excluding hydrogens is 869 g/mol. The Labute approximate surface area is 424 Å². The zero-order valence-corrected chi connectivity index (χ0v) is 42.7. The fraction of sp³-hybridized carbons (Fsp3) is 0.143. The van der Waals surface area contributed by atoms with Gasteiger partial charge in [0.15, 0.2) is 0 Å². The van der Waals surface area contributed by atoms with Crippen molar-refractivity contribution in [1.29, 1.82) is 0 Å². The number of hydrogen-bond donors (Lipinski definition) is 0. The van der Waals surface area contributed by atoms with Crippen LogP contribution in [0.2, 0.25) is 0 Å². The Balaban J connectivity index is 1.22.